The quantitative estimate of drug-likeness (QED) is 0.878. The van der Waals surface area contributed by atoms with Crippen LogP contribution in [0.25, 0.3) is 0 Å². The zero-order chi connectivity index (χ0) is 12.1. The Kier molecular flexibility index (Phi) is 2.41. The Balaban J connectivity index is 1.37. The molecule has 4 rings (SSSR count). The molecule has 18 heavy (non-hydrogen) atoms. The molecule has 0 saturated heterocycles. The average Bonchev–Trinajstić information content (AvgIpc) is 2.80. The molecule has 2 bridgehead atoms. The van der Waals surface area contributed by atoms with Crippen LogP contribution in [-0.2, 0) is 6.54 Å². The van der Waals surface area contributed by atoms with Gasteiger partial charge in [-0.3, -0.25) is 0 Å². The van der Waals surface area contributed by atoms with Crippen LogP contribution in [0.2, 0.25) is 0 Å². The van der Waals surface area contributed by atoms with Crippen LogP contribution >= 0.6 is 0 Å². The van der Waals surface area contributed by atoms with E-state index < -0.39 is 0 Å². The number of hydrogen-bond acceptors (Lipinski definition) is 2. The highest BCUT2D eigenvalue weighted by Gasteiger charge is 2.64. The fourth-order valence-corrected chi connectivity index (χ4v) is 4.62. The van der Waals surface area contributed by atoms with Crippen LogP contribution in [0.15, 0.2) is 24.3 Å². The van der Waals surface area contributed by atoms with Crippen LogP contribution in [0.4, 0.5) is 0 Å². The van der Waals surface area contributed by atoms with Gasteiger partial charge in [0, 0.05) is 12.6 Å². The smallest absolute Gasteiger partial charge is 0.119 e. The minimum atomic E-state index is 0.822. The number of fused-ring (bicyclic) bond motifs is 5. The number of benzene rings is 1. The molecular weight excluding hydrogens is 222 g/mol. The standard InChI is InChI=1S/C16H21NO/c1-18-13-4-2-3-10(7-13)9-17-16-14-11-5-6-12(8-11)15(14)16/h2-4,7,11-12,14-17H,5-6,8-9H2,1H3. The molecule has 4 unspecified atom stereocenters. The lowest BCUT2D eigenvalue weighted by atomic mass is 10.0. The molecule has 3 saturated carbocycles. The summed E-state index contributed by atoms with van der Waals surface area (Å²) >= 11 is 0. The molecule has 3 aliphatic rings. The van der Waals surface area contributed by atoms with Gasteiger partial charge >= 0.3 is 0 Å². The molecule has 3 aliphatic carbocycles. The van der Waals surface area contributed by atoms with E-state index >= 15 is 0 Å². The van der Waals surface area contributed by atoms with Gasteiger partial charge in [0.2, 0.25) is 0 Å². The Morgan fingerprint density at radius 1 is 1.22 bits per heavy atom. The van der Waals surface area contributed by atoms with Crippen molar-refractivity contribution in [1.82, 2.24) is 5.32 Å². The van der Waals surface area contributed by atoms with E-state index in [0.29, 0.717) is 0 Å². The number of nitrogens with one attached hydrogen (secondary N) is 1. The topological polar surface area (TPSA) is 21.3 Å². The van der Waals surface area contributed by atoms with Crippen LogP contribution in [0, 0.1) is 23.7 Å². The molecule has 0 aliphatic heterocycles. The zero-order valence-corrected chi connectivity index (χ0v) is 10.9. The molecule has 1 aromatic rings. The minimum Gasteiger partial charge on any atom is -0.497 e. The van der Waals surface area contributed by atoms with Gasteiger partial charge in [-0.1, -0.05) is 12.1 Å². The van der Waals surface area contributed by atoms with Crippen molar-refractivity contribution in [2.75, 3.05) is 7.11 Å². The Morgan fingerprint density at radius 3 is 2.72 bits per heavy atom. The van der Waals surface area contributed by atoms with E-state index in [9.17, 15) is 0 Å². The Hall–Kier alpha value is -1.02. The van der Waals surface area contributed by atoms with Crippen LogP contribution in [-0.4, -0.2) is 13.2 Å². The van der Waals surface area contributed by atoms with Crippen molar-refractivity contribution in [3.8, 4) is 5.75 Å². The van der Waals surface area contributed by atoms with Gasteiger partial charge in [0.05, 0.1) is 7.11 Å². The lowest BCUT2D eigenvalue weighted by Gasteiger charge is -2.11. The van der Waals surface area contributed by atoms with E-state index in [1.807, 2.05) is 6.07 Å². The minimum absolute atomic E-state index is 0.822. The maximum Gasteiger partial charge on any atom is 0.119 e. The van der Waals surface area contributed by atoms with Gasteiger partial charge in [-0.05, 0) is 60.6 Å². The first-order valence-corrected chi connectivity index (χ1v) is 7.23. The molecule has 3 fully saturated rings. The fourth-order valence-electron chi connectivity index (χ4n) is 4.62. The summed E-state index contributed by atoms with van der Waals surface area (Å²) in [5.74, 6) is 5.12. The first-order valence-electron chi connectivity index (χ1n) is 7.23. The second kappa shape index (κ2) is 3.99. The highest BCUT2D eigenvalue weighted by molar-refractivity contribution is 5.28. The predicted molar refractivity (Wildman–Crippen MR) is 71.4 cm³/mol. The third-order valence-electron chi connectivity index (χ3n) is 5.41. The van der Waals surface area contributed by atoms with Gasteiger partial charge in [0.25, 0.3) is 0 Å². The van der Waals surface area contributed by atoms with E-state index in [-0.39, 0.29) is 0 Å². The lowest BCUT2D eigenvalue weighted by Crippen LogP contribution is -2.22. The summed E-state index contributed by atoms with van der Waals surface area (Å²) in [6, 6.07) is 9.23. The van der Waals surface area contributed by atoms with E-state index in [4.69, 9.17) is 4.74 Å². The maximum absolute atomic E-state index is 5.27. The fraction of sp³-hybridized carbons (Fsp3) is 0.625. The summed E-state index contributed by atoms with van der Waals surface area (Å²) in [4.78, 5) is 0. The molecule has 0 aromatic heterocycles. The first kappa shape index (κ1) is 10.9. The molecule has 1 N–H and O–H groups in total. The van der Waals surface area contributed by atoms with Crippen molar-refractivity contribution in [2.45, 2.75) is 31.8 Å². The van der Waals surface area contributed by atoms with Crippen LogP contribution in [0.3, 0.4) is 0 Å². The van der Waals surface area contributed by atoms with Gasteiger partial charge in [-0.15, -0.1) is 0 Å². The van der Waals surface area contributed by atoms with Crippen molar-refractivity contribution < 1.29 is 4.74 Å². The predicted octanol–water partition coefficient (Wildman–Crippen LogP) is 2.83. The summed E-state index contributed by atoms with van der Waals surface area (Å²) in [6.45, 7) is 0.994. The number of ether oxygens (including phenoxy) is 1. The van der Waals surface area contributed by atoms with E-state index in [2.05, 4.69) is 23.5 Å². The molecule has 0 radical (unpaired) electrons. The largest absolute Gasteiger partial charge is 0.497 e. The average molecular weight is 243 g/mol. The van der Waals surface area contributed by atoms with Crippen molar-refractivity contribution in [2.24, 2.45) is 23.7 Å². The van der Waals surface area contributed by atoms with E-state index in [1.165, 1.54) is 24.8 Å². The van der Waals surface area contributed by atoms with Crippen molar-refractivity contribution >= 4 is 0 Å². The summed E-state index contributed by atoms with van der Waals surface area (Å²) in [5, 5.41) is 3.77. The van der Waals surface area contributed by atoms with Gasteiger partial charge in [0.15, 0.2) is 0 Å². The normalized spacial score (nSPS) is 39.7. The maximum atomic E-state index is 5.27. The molecule has 2 nitrogen and oxygen atoms in total. The molecule has 96 valence electrons. The molecule has 0 spiro atoms. The second-order valence-electron chi connectivity index (χ2n) is 6.25. The third kappa shape index (κ3) is 1.58. The summed E-state index contributed by atoms with van der Waals surface area (Å²) in [7, 11) is 1.73. The molecule has 0 amide bonds. The number of hydrogen-bond donors (Lipinski definition) is 1. The van der Waals surface area contributed by atoms with Gasteiger partial charge in [-0.25, -0.2) is 0 Å². The van der Waals surface area contributed by atoms with Gasteiger partial charge < -0.3 is 10.1 Å². The van der Waals surface area contributed by atoms with Crippen molar-refractivity contribution in [3.05, 3.63) is 29.8 Å². The Morgan fingerprint density at radius 2 is 2.00 bits per heavy atom. The van der Waals surface area contributed by atoms with Crippen LogP contribution in [0.5, 0.6) is 5.75 Å². The SMILES string of the molecule is COc1cccc(CNC2C3C4CCC(C4)C23)c1. The highest BCUT2D eigenvalue weighted by atomic mass is 16.5. The van der Waals surface area contributed by atoms with Crippen molar-refractivity contribution in [3.63, 3.8) is 0 Å². The summed E-state index contributed by atoms with van der Waals surface area (Å²) in [5.41, 5.74) is 1.34. The molecule has 0 heterocycles. The Bertz CT molecular complexity index is 442. The van der Waals surface area contributed by atoms with Gasteiger partial charge in [-0.2, -0.15) is 0 Å². The summed E-state index contributed by atoms with van der Waals surface area (Å²) in [6.07, 6.45) is 4.54. The molecular formula is C16H21NO. The highest BCUT2D eigenvalue weighted by Crippen LogP contribution is 2.65. The monoisotopic (exact) mass is 243 g/mol. The first-order chi connectivity index (χ1) is 8.86. The number of rotatable bonds is 4. The second-order valence-corrected chi connectivity index (χ2v) is 6.25. The summed E-state index contributed by atoms with van der Waals surface area (Å²) < 4.78 is 5.27. The number of methoxy groups -OCH3 is 1. The molecule has 2 heteroatoms. The van der Waals surface area contributed by atoms with Gasteiger partial charge in [0.1, 0.15) is 5.75 Å². The van der Waals surface area contributed by atoms with Crippen LogP contribution in [0.1, 0.15) is 24.8 Å². The van der Waals surface area contributed by atoms with E-state index in [0.717, 1.165) is 42.0 Å². The van der Waals surface area contributed by atoms with E-state index in [1.54, 1.807) is 7.11 Å². The molecule has 1 aromatic carbocycles. The lowest BCUT2D eigenvalue weighted by molar-refractivity contribution is 0.413. The van der Waals surface area contributed by atoms with Crippen LogP contribution < -0.4 is 10.1 Å². The zero-order valence-electron chi connectivity index (χ0n) is 10.9. The van der Waals surface area contributed by atoms with Crippen molar-refractivity contribution in [1.29, 1.82) is 0 Å². The Labute approximate surface area is 109 Å². The molecule has 4 atom stereocenters. The third-order valence-corrected chi connectivity index (χ3v) is 5.41.